The average Bonchev–Trinajstić information content (AvgIpc) is 2.36. The van der Waals surface area contributed by atoms with Crippen molar-refractivity contribution >= 4 is 10.2 Å². The molecular weight excluding hydrogens is 307 g/mol. The Morgan fingerprint density at radius 2 is 1.86 bits per heavy atom. The summed E-state index contributed by atoms with van der Waals surface area (Å²) in [5, 5.41) is 0. The van der Waals surface area contributed by atoms with Crippen molar-refractivity contribution in [1.82, 2.24) is 13.9 Å². The molecule has 0 aromatic rings. The lowest BCUT2D eigenvalue weighted by molar-refractivity contribution is -0.148. The highest BCUT2D eigenvalue weighted by Gasteiger charge is 2.34. The maximum atomic E-state index is 12.3. The number of piperidine rings is 1. The number of nitrogens with zero attached hydrogens (tertiary/aromatic N) is 2. The van der Waals surface area contributed by atoms with E-state index in [1.807, 2.05) is 0 Å². The Morgan fingerprint density at radius 3 is 2.29 bits per heavy atom. The summed E-state index contributed by atoms with van der Waals surface area (Å²) in [7, 11) is -2.02. The normalized spacial score (nSPS) is 20.9. The first-order chi connectivity index (χ1) is 9.55. The molecule has 0 aromatic heterocycles. The van der Waals surface area contributed by atoms with Gasteiger partial charge >= 0.3 is 6.18 Å². The Balaban J connectivity index is 2.47. The second kappa shape index (κ2) is 7.26. The number of hydrogen-bond acceptors (Lipinski definition) is 3. The van der Waals surface area contributed by atoms with Crippen LogP contribution in [0.1, 0.15) is 26.7 Å². The Kier molecular flexibility index (Phi) is 6.45. The molecule has 0 unspecified atom stereocenters. The van der Waals surface area contributed by atoms with Crippen molar-refractivity contribution in [3.63, 3.8) is 0 Å². The fourth-order valence-electron chi connectivity index (χ4n) is 2.46. The summed E-state index contributed by atoms with van der Waals surface area (Å²) >= 11 is 0. The van der Waals surface area contributed by atoms with Gasteiger partial charge in [-0.1, -0.05) is 6.92 Å². The van der Waals surface area contributed by atoms with E-state index in [0.29, 0.717) is 32.5 Å². The first-order valence-corrected chi connectivity index (χ1v) is 8.52. The third-order valence-electron chi connectivity index (χ3n) is 3.93. The largest absolute Gasteiger partial charge is 0.401 e. The molecule has 1 saturated heterocycles. The van der Waals surface area contributed by atoms with E-state index in [4.69, 9.17) is 0 Å². The quantitative estimate of drug-likeness (QED) is 0.801. The Bertz CT molecular complexity index is 420. The average molecular weight is 331 g/mol. The second-order valence-electron chi connectivity index (χ2n) is 5.55. The summed E-state index contributed by atoms with van der Waals surface area (Å²) in [6, 6.07) is -0.281. The molecule has 5 nitrogen and oxygen atoms in total. The first-order valence-electron chi connectivity index (χ1n) is 7.08. The maximum Gasteiger partial charge on any atom is 0.401 e. The van der Waals surface area contributed by atoms with E-state index < -0.39 is 22.9 Å². The van der Waals surface area contributed by atoms with Gasteiger partial charge in [-0.15, -0.1) is 0 Å². The summed E-state index contributed by atoms with van der Waals surface area (Å²) in [6.07, 6.45) is -3.05. The third kappa shape index (κ3) is 6.09. The van der Waals surface area contributed by atoms with E-state index in [2.05, 4.69) is 4.72 Å². The Morgan fingerprint density at radius 1 is 1.33 bits per heavy atom. The molecule has 9 heteroatoms. The molecule has 0 saturated carbocycles. The van der Waals surface area contributed by atoms with Crippen LogP contribution in [0.2, 0.25) is 0 Å². The topological polar surface area (TPSA) is 52.7 Å². The van der Waals surface area contributed by atoms with Crippen LogP contribution >= 0.6 is 0 Å². The monoisotopic (exact) mass is 331 g/mol. The van der Waals surface area contributed by atoms with Gasteiger partial charge in [-0.3, -0.25) is 4.90 Å². The summed E-state index contributed by atoms with van der Waals surface area (Å²) < 4.78 is 64.6. The van der Waals surface area contributed by atoms with Crippen molar-refractivity contribution in [2.45, 2.75) is 38.9 Å². The number of alkyl halides is 3. The molecule has 0 amide bonds. The molecule has 1 fully saturated rings. The Labute approximate surface area is 124 Å². The lowest BCUT2D eigenvalue weighted by Gasteiger charge is -2.35. The van der Waals surface area contributed by atoms with Crippen LogP contribution in [0.15, 0.2) is 0 Å². The highest BCUT2D eigenvalue weighted by molar-refractivity contribution is 7.87. The van der Waals surface area contributed by atoms with Crippen molar-refractivity contribution in [2.24, 2.45) is 5.92 Å². The highest BCUT2D eigenvalue weighted by atomic mass is 32.2. The van der Waals surface area contributed by atoms with Gasteiger partial charge in [0.05, 0.1) is 6.54 Å². The zero-order valence-electron chi connectivity index (χ0n) is 12.7. The number of nitrogens with one attached hydrogen (secondary N) is 1. The predicted molar refractivity (Wildman–Crippen MR) is 75.0 cm³/mol. The van der Waals surface area contributed by atoms with E-state index in [1.165, 1.54) is 16.3 Å². The second-order valence-corrected chi connectivity index (χ2v) is 7.36. The molecule has 1 aliphatic heterocycles. The van der Waals surface area contributed by atoms with Crippen LogP contribution in [-0.4, -0.2) is 63.1 Å². The van der Waals surface area contributed by atoms with Crippen LogP contribution in [-0.2, 0) is 10.2 Å². The smallest absolute Gasteiger partial charge is 0.295 e. The summed E-state index contributed by atoms with van der Waals surface area (Å²) in [5.74, 6) is 0.0644. The molecule has 126 valence electrons. The van der Waals surface area contributed by atoms with Gasteiger partial charge in [-0.25, -0.2) is 0 Å². The van der Waals surface area contributed by atoms with Crippen LogP contribution in [0.3, 0.4) is 0 Å². The number of hydrogen-bond donors (Lipinski definition) is 1. The van der Waals surface area contributed by atoms with E-state index in [1.54, 1.807) is 13.8 Å². The molecule has 1 heterocycles. The van der Waals surface area contributed by atoms with Crippen molar-refractivity contribution in [1.29, 1.82) is 0 Å². The summed E-state index contributed by atoms with van der Waals surface area (Å²) in [6.45, 7) is 3.68. The van der Waals surface area contributed by atoms with Gasteiger partial charge in [0.15, 0.2) is 0 Å². The van der Waals surface area contributed by atoms with Crippen LogP contribution in [0.25, 0.3) is 0 Å². The molecule has 1 N–H and O–H groups in total. The van der Waals surface area contributed by atoms with Crippen LogP contribution in [0.4, 0.5) is 13.2 Å². The molecule has 0 radical (unpaired) electrons. The van der Waals surface area contributed by atoms with E-state index in [9.17, 15) is 21.6 Å². The van der Waals surface area contributed by atoms with Gasteiger partial charge in [-0.2, -0.15) is 30.6 Å². The van der Waals surface area contributed by atoms with Gasteiger partial charge in [-0.05, 0) is 38.8 Å². The fraction of sp³-hybridized carbons (Fsp3) is 1.00. The van der Waals surface area contributed by atoms with Gasteiger partial charge in [0.1, 0.15) is 0 Å². The lowest BCUT2D eigenvalue weighted by atomic mass is 9.91. The molecule has 1 aliphatic rings. The minimum atomic E-state index is -4.18. The molecule has 0 spiro atoms. The zero-order chi connectivity index (χ0) is 16.3. The van der Waals surface area contributed by atoms with Crippen molar-refractivity contribution < 1.29 is 21.6 Å². The van der Waals surface area contributed by atoms with Gasteiger partial charge < -0.3 is 0 Å². The third-order valence-corrected chi connectivity index (χ3v) is 5.68. The minimum absolute atomic E-state index is 0.0644. The van der Waals surface area contributed by atoms with Crippen molar-refractivity contribution in [3.8, 4) is 0 Å². The van der Waals surface area contributed by atoms with E-state index >= 15 is 0 Å². The maximum absolute atomic E-state index is 12.3. The fourth-order valence-corrected chi connectivity index (χ4v) is 3.64. The van der Waals surface area contributed by atoms with E-state index in [-0.39, 0.29) is 12.0 Å². The molecule has 21 heavy (non-hydrogen) atoms. The number of likely N-dealkylation sites (tertiary alicyclic amines) is 1. The van der Waals surface area contributed by atoms with Crippen molar-refractivity contribution in [3.05, 3.63) is 0 Å². The zero-order valence-corrected chi connectivity index (χ0v) is 13.5. The first kappa shape index (κ1) is 18.7. The molecule has 0 aliphatic carbocycles. The van der Waals surface area contributed by atoms with Gasteiger partial charge in [0.2, 0.25) is 0 Å². The number of rotatable bonds is 6. The molecule has 0 aromatic carbocycles. The van der Waals surface area contributed by atoms with Crippen LogP contribution in [0, 0.1) is 5.92 Å². The molecular formula is C12H24F3N3O2S. The SMILES string of the molecule is CCN(C)S(=O)(=O)N[C@H](C)C1CCN(CC(F)(F)F)CC1. The summed E-state index contributed by atoms with van der Waals surface area (Å²) in [5.41, 5.74) is 0. The predicted octanol–water partition coefficient (Wildman–Crippen LogP) is 1.44. The van der Waals surface area contributed by atoms with E-state index in [0.717, 1.165) is 0 Å². The van der Waals surface area contributed by atoms with Crippen LogP contribution in [0.5, 0.6) is 0 Å². The minimum Gasteiger partial charge on any atom is -0.295 e. The molecule has 0 bridgehead atoms. The number of halogens is 3. The highest BCUT2D eigenvalue weighted by Crippen LogP contribution is 2.24. The summed E-state index contributed by atoms with van der Waals surface area (Å²) in [4.78, 5) is 1.37. The standard InChI is InChI=1S/C12H24F3N3O2S/c1-4-17(3)21(19,20)16-10(2)11-5-7-18(8-6-11)9-12(13,14)15/h10-11,16H,4-9H2,1-3H3/t10-/m1/s1. The van der Waals surface area contributed by atoms with Crippen molar-refractivity contribution in [2.75, 3.05) is 33.2 Å². The molecule has 1 atom stereocenters. The lowest BCUT2D eigenvalue weighted by Crippen LogP contribution is -2.48. The van der Waals surface area contributed by atoms with Gasteiger partial charge in [0, 0.05) is 19.6 Å². The Hall–Kier alpha value is -0.380. The van der Waals surface area contributed by atoms with Gasteiger partial charge in [0.25, 0.3) is 10.2 Å². The molecule has 1 rings (SSSR count). The van der Waals surface area contributed by atoms with Crippen LogP contribution < -0.4 is 4.72 Å².